The summed E-state index contributed by atoms with van der Waals surface area (Å²) in [4.78, 5) is 6.29. The van der Waals surface area contributed by atoms with Crippen molar-refractivity contribution in [2.24, 2.45) is 11.8 Å². The lowest BCUT2D eigenvalue weighted by molar-refractivity contribution is -0.137. The zero-order valence-electron chi connectivity index (χ0n) is 12.7. The van der Waals surface area contributed by atoms with Crippen LogP contribution in [0.1, 0.15) is 32.8 Å². The van der Waals surface area contributed by atoms with Crippen LogP contribution >= 0.6 is 0 Å². The third-order valence-electron chi connectivity index (χ3n) is 3.99. The van der Waals surface area contributed by atoms with E-state index in [0.717, 1.165) is 31.6 Å². The molecule has 1 aromatic heterocycles. The van der Waals surface area contributed by atoms with Gasteiger partial charge in [0.15, 0.2) is 0 Å². The van der Waals surface area contributed by atoms with Crippen molar-refractivity contribution in [3.05, 3.63) is 17.7 Å². The van der Waals surface area contributed by atoms with Gasteiger partial charge in [0.2, 0.25) is 0 Å². The van der Waals surface area contributed by atoms with Gasteiger partial charge in [-0.25, -0.2) is 4.98 Å². The molecule has 0 amide bonds. The van der Waals surface area contributed by atoms with Crippen LogP contribution in [0.3, 0.4) is 0 Å². The third kappa shape index (κ3) is 3.80. The highest BCUT2D eigenvalue weighted by Crippen LogP contribution is 2.34. The standard InChI is InChI=1S/C15H22F3N3/c1-4-19-13-7-12(15(16,17)18)8-14(20-13)21-6-5-11(9-21)10(2)3/h7-8,10-11H,4-6,9H2,1-3H3,(H,19,20). The molecule has 1 unspecified atom stereocenters. The lowest BCUT2D eigenvalue weighted by atomic mass is 9.95. The van der Waals surface area contributed by atoms with Crippen molar-refractivity contribution in [1.29, 1.82) is 0 Å². The van der Waals surface area contributed by atoms with Gasteiger partial charge < -0.3 is 10.2 Å². The molecule has 1 aliphatic rings. The Labute approximate surface area is 123 Å². The van der Waals surface area contributed by atoms with Gasteiger partial charge in [-0.2, -0.15) is 13.2 Å². The lowest BCUT2D eigenvalue weighted by Gasteiger charge is -2.21. The Bertz CT molecular complexity index is 486. The Hall–Kier alpha value is -1.46. The number of hydrogen-bond donors (Lipinski definition) is 1. The second-order valence-electron chi connectivity index (χ2n) is 5.87. The van der Waals surface area contributed by atoms with E-state index in [1.54, 1.807) is 0 Å². The number of pyridine rings is 1. The van der Waals surface area contributed by atoms with Gasteiger partial charge in [-0.1, -0.05) is 13.8 Å². The van der Waals surface area contributed by atoms with Crippen molar-refractivity contribution in [1.82, 2.24) is 4.98 Å². The van der Waals surface area contributed by atoms with Gasteiger partial charge in [0.25, 0.3) is 0 Å². The Morgan fingerprint density at radius 2 is 2.10 bits per heavy atom. The van der Waals surface area contributed by atoms with Crippen LogP contribution in [0.4, 0.5) is 24.8 Å². The van der Waals surface area contributed by atoms with E-state index in [-0.39, 0.29) is 5.82 Å². The van der Waals surface area contributed by atoms with Crippen molar-refractivity contribution in [3.63, 3.8) is 0 Å². The monoisotopic (exact) mass is 301 g/mol. The molecule has 1 N–H and O–H groups in total. The SMILES string of the molecule is CCNc1cc(C(F)(F)F)cc(N2CCC(C(C)C)C2)n1. The molecule has 0 radical (unpaired) electrons. The molecule has 1 fully saturated rings. The smallest absolute Gasteiger partial charge is 0.370 e. The molecule has 1 aliphatic heterocycles. The Balaban J connectivity index is 2.28. The molecule has 0 aliphatic carbocycles. The van der Waals surface area contributed by atoms with Gasteiger partial charge in [0.1, 0.15) is 11.6 Å². The van der Waals surface area contributed by atoms with Gasteiger partial charge in [0.05, 0.1) is 5.56 Å². The van der Waals surface area contributed by atoms with Crippen LogP contribution in [0.5, 0.6) is 0 Å². The fourth-order valence-electron chi connectivity index (χ4n) is 2.65. The molecule has 0 aromatic carbocycles. The first-order valence-corrected chi connectivity index (χ1v) is 7.39. The molecular weight excluding hydrogens is 279 g/mol. The summed E-state index contributed by atoms with van der Waals surface area (Å²) in [5, 5.41) is 2.88. The number of alkyl halides is 3. The summed E-state index contributed by atoms with van der Waals surface area (Å²) >= 11 is 0. The van der Waals surface area contributed by atoms with Gasteiger partial charge in [-0.05, 0) is 37.3 Å². The van der Waals surface area contributed by atoms with Crippen molar-refractivity contribution in [2.45, 2.75) is 33.4 Å². The first-order chi connectivity index (χ1) is 9.81. The van der Waals surface area contributed by atoms with Crippen LogP contribution in [-0.4, -0.2) is 24.6 Å². The average Bonchev–Trinajstić information content (AvgIpc) is 2.87. The lowest BCUT2D eigenvalue weighted by Crippen LogP contribution is -2.23. The highest BCUT2D eigenvalue weighted by atomic mass is 19.4. The topological polar surface area (TPSA) is 28.2 Å². The first-order valence-electron chi connectivity index (χ1n) is 7.39. The highest BCUT2D eigenvalue weighted by Gasteiger charge is 2.33. The van der Waals surface area contributed by atoms with Gasteiger partial charge in [-0.15, -0.1) is 0 Å². The molecule has 0 spiro atoms. The third-order valence-corrected chi connectivity index (χ3v) is 3.99. The molecule has 118 valence electrons. The molecular formula is C15H22F3N3. The number of anilines is 2. The Morgan fingerprint density at radius 1 is 1.38 bits per heavy atom. The molecule has 2 heterocycles. The van der Waals surface area contributed by atoms with E-state index in [0.29, 0.717) is 24.2 Å². The molecule has 1 saturated heterocycles. The molecule has 0 bridgehead atoms. The predicted octanol–water partition coefficient (Wildman–Crippen LogP) is 4.01. The average molecular weight is 301 g/mol. The van der Waals surface area contributed by atoms with Crippen molar-refractivity contribution >= 4 is 11.6 Å². The van der Waals surface area contributed by atoms with Gasteiger partial charge in [0, 0.05) is 19.6 Å². The van der Waals surface area contributed by atoms with E-state index in [1.165, 1.54) is 0 Å². The minimum absolute atomic E-state index is 0.287. The number of nitrogens with zero attached hydrogens (tertiary/aromatic N) is 2. The zero-order chi connectivity index (χ0) is 15.6. The van der Waals surface area contributed by atoms with Gasteiger partial charge >= 0.3 is 6.18 Å². The molecule has 2 rings (SSSR count). The summed E-state index contributed by atoms with van der Waals surface area (Å²) in [7, 11) is 0. The fraction of sp³-hybridized carbons (Fsp3) is 0.667. The normalized spacial score (nSPS) is 19.4. The molecule has 3 nitrogen and oxygen atoms in total. The highest BCUT2D eigenvalue weighted by molar-refractivity contribution is 5.52. The van der Waals surface area contributed by atoms with E-state index in [1.807, 2.05) is 11.8 Å². The van der Waals surface area contributed by atoms with Crippen LogP contribution in [0.2, 0.25) is 0 Å². The maximum Gasteiger partial charge on any atom is 0.416 e. The Morgan fingerprint density at radius 3 is 2.62 bits per heavy atom. The van der Waals surface area contributed by atoms with Crippen molar-refractivity contribution < 1.29 is 13.2 Å². The first kappa shape index (κ1) is 15.9. The maximum atomic E-state index is 13.0. The van der Waals surface area contributed by atoms with Gasteiger partial charge in [-0.3, -0.25) is 0 Å². The predicted molar refractivity (Wildman–Crippen MR) is 78.6 cm³/mol. The number of aromatic nitrogens is 1. The molecule has 6 heteroatoms. The summed E-state index contributed by atoms with van der Waals surface area (Å²) in [6.45, 7) is 8.23. The van der Waals surface area contributed by atoms with Crippen molar-refractivity contribution in [2.75, 3.05) is 29.9 Å². The van der Waals surface area contributed by atoms with E-state index in [4.69, 9.17) is 0 Å². The van der Waals surface area contributed by atoms with Crippen LogP contribution in [0.15, 0.2) is 12.1 Å². The number of hydrogen-bond acceptors (Lipinski definition) is 3. The summed E-state index contributed by atoms with van der Waals surface area (Å²) < 4.78 is 39.0. The van der Waals surface area contributed by atoms with Crippen LogP contribution in [0, 0.1) is 11.8 Å². The number of rotatable bonds is 4. The summed E-state index contributed by atoms with van der Waals surface area (Å²) in [6.07, 6.45) is -3.34. The maximum absolute atomic E-state index is 13.0. The van der Waals surface area contributed by atoms with Crippen LogP contribution < -0.4 is 10.2 Å². The van der Waals surface area contributed by atoms with Crippen LogP contribution in [0.25, 0.3) is 0 Å². The minimum Gasteiger partial charge on any atom is -0.370 e. The van der Waals surface area contributed by atoms with Crippen LogP contribution in [-0.2, 0) is 6.18 Å². The molecule has 1 atom stereocenters. The van der Waals surface area contributed by atoms with Crippen molar-refractivity contribution in [3.8, 4) is 0 Å². The summed E-state index contributed by atoms with van der Waals surface area (Å²) in [5.74, 6) is 1.76. The largest absolute Gasteiger partial charge is 0.416 e. The van der Waals surface area contributed by atoms with E-state index < -0.39 is 11.7 Å². The minimum atomic E-state index is -4.35. The summed E-state index contributed by atoms with van der Waals surface area (Å²) in [6, 6.07) is 2.23. The van der Waals surface area contributed by atoms with E-state index in [9.17, 15) is 13.2 Å². The second kappa shape index (κ2) is 6.12. The zero-order valence-corrected chi connectivity index (χ0v) is 12.7. The molecule has 21 heavy (non-hydrogen) atoms. The quantitative estimate of drug-likeness (QED) is 0.910. The number of nitrogens with one attached hydrogen (secondary N) is 1. The van der Waals surface area contributed by atoms with E-state index in [2.05, 4.69) is 24.1 Å². The summed E-state index contributed by atoms with van der Waals surface area (Å²) in [5.41, 5.74) is -0.642. The van der Waals surface area contributed by atoms with E-state index >= 15 is 0 Å². The molecule has 1 aromatic rings. The Kier molecular flexibility index (Phi) is 4.64. The molecule has 0 saturated carbocycles. The fourth-order valence-corrected chi connectivity index (χ4v) is 2.65. The number of halogens is 3. The second-order valence-corrected chi connectivity index (χ2v) is 5.87.